The molecule has 2 aliphatic rings. The van der Waals surface area contributed by atoms with Crippen molar-refractivity contribution >= 4 is 11.8 Å². The van der Waals surface area contributed by atoms with Crippen LogP contribution in [0.3, 0.4) is 0 Å². The molecule has 2 fully saturated rings. The Morgan fingerprint density at radius 1 is 1.30 bits per heavy atom. The molecule has 1 spiro atoms. The summed E-state index contributed by atoms with van der Waals surface area (Å²) >= 11 is 0. The number of rotatable bonds is 3. The number of morpholine rings is 1. The average Bonchev–Trinajstić information content (AvgIpc) is 2.50. The largest absolute Gasteiger partial charge is 0.377 e. The third-order valence-electron chi connectivity index (χ3n) is 4.56. The first-order valence-corrected chi connectivity index (χ1v) is 7.63. The van der Waals surface area contributed by atoms with Crippen molar-refractivity contribution in [1.29, 1.82) is 0 Å². The predicted octanol–water partition coefficient (Wildman–Crippen LogP) is 1.48. The molecule has 5 nitrogen and oxygen atoms in total. The van der Waals surface area contributed by atoms with Gasteiger partial charge in [0.1, 0.15) is 11.6 Å². The molecule has 124 valence electrons. The molecule has 23 heavy (non-hydrogen) atoms. The number of hydrogen-bond donors (Lipinski definition) is 1. The van der Waals surface area contributed by atoms with E-state index in [0.29, 0.717) is 25.8 Å². The number of nitrogens with zero attached hydrogens (tertiary/aromatic N) is 1. The van der Waals surface area contributed by atoms with Gasteiger partial charge in [-0.15, -0.1) is 0 Å². The highest BCUT2D eigenvalue weighted by Gasteiger charge is 2.46. The third kappa shape index (κ3) is 3.06. The molecule has 1 aliphatic heterocycles. The summed E-state index contributed by atoms with van der Waals surface area (Å²) in [5.41, 5.74) is -0.513. The van der Waals surface area contributed by atoms with E-state index in [1.807, 2.05) is 0 Å². The van der Waals surface area contributed by atoms with Crippen LogP contribution in [0.15, 0.2) is 18.2 Å². The van der Waals surface area contributed by atoms with Crippen molar-refractivity contribution in [3.63, 3.8) is 0 Å². The second kappa shape index (κ2) is 6.23. The second-order valence-corrected chi connectivity index (χ2v) is 5.98. The Bertz CT molecular complexity index is 632. The van der Waals surface area contributed by atoms with E-state index in [0.717, 1.165) is 31.4 Å². The first-order chi connectivity index (χ1) is 11.0. The lowest BCUT2D eigenvalue weighted by Gasteiger charge is -2.52. The number of carbonyl (C=O) groups is 2. The van der Waals surface area contributed by atoms with E-state index >= 15 is 0 Å². The second-order valence-electron chi connectivity index (χ2n) is 5.98. The molecule has 7 heteroatoms. The van der Waals surface area contributed by atoms with Gasteiger partial charge >= 0.3 is 0 Å². The van der Waals surface area contributed by atoms with E-state index in [1.54, 1.807) is 4.90 Å². The van der Waals surface area contributed by atoms with Crippen LogP contribution < -0.4 is 5.32 Å². The lowest BCUT2D eigenvalue weighted by atomic mass is 9.75. The summed E-state index contributed by atoms with van der Waals surface area (Å²) in [6, 6.07) is 2.71. The van der Waals surface area contributed by atoms with Crippen LogP contribution in [0.4, 0.5) is 8.78 Å². The van der Waals surface area contributed by atoms with E-state index in [1.165, 1.54) is 0 Å². The monoisotopic (exact) mass is 324 g/mol. The molecule has 3 rings (SSSR count). The Balaban J connectivity index is 1.61. The summed E-state index contributed by atoms with van der Waals surface area (Å²) in [7, 11) is 0. The Hall–Kier alpha value is -2.02. The number of hydrogen-bond acceptors (Lipinski definition) is 3. The molecule has 1 heterocycles. The molecular weight excluding hydrogens is 306 g/mol. The standard InChI is InChI=1S/C16H18F2N2O3/c17-11-2-3-12(13(18)8-11)15(22)19-9-14(21)20-6-7-23-10-16(20)4-1-5-16/h2-3,8H,1,4-7,9-10H2,(H,19,22). The van der Waals surface area contributed by atoms with Crippen molar-refractivity contribution in [2.45, 2.75) is 24.8 Å². The maximum atomic E-state index is 13.6. The van der Waals surface area contributed by atoms with Crippen LogP contribution in [0.25, 0.3) is 0 Å². The van der Waals surface area contributed by atoms with Gasteiger partial charge in [-0.3, -0.25) is 9.59 Å². The lowest BCUT2D eigenvalue weighted by Crippen LogP contribution is -2.64. The van der Waals surface area contributed by atoms with Crippen LogP contribution in [0.5, 0.6) is 0 Å². The molecule has 0 atom stereocenters. The van der Waals surface area contributed by atoms with Crippen molar-refractivity contribution in [2.24, 2.45) is 0 Å². The Morgan fingerprint density at radius 3 is 2.74 bits per heavy atom. The zero-order valence-corrected chi connectivity index (χ0v) is 12.6. The van der Waals surface area contributed by atoms with Gasteiger partial charge in [0.05, 0.1) is 30.9 Å². The van der Waals surface area contributed by atoms with Gasteiger partial charge in [0.15, 0.2) is 0 Å². The maximum Gasteiger partial charge on any atom is 0.254 e. The summed E-state index contributed by atoms with van der Waals surface area (Å²) in [6.45, 7) is 1.30. The van der Waals surface area contributed by atoms with Gasteiger partial charge in [-0.2, -0.15) is 0 Å². The highest BCUT2D eigenvalue weighted by Crippen LogP contribution is 2.39. The first kappa shape index (κ1) is 15.9. The van der Waals surface area contributed by atoms with Crippen LogP contribution >= 0.6 is 0 Å². The summed E-state index contributed by atoms with van der Waals surface area (Å²) in [5.74, 6) is -2.64. The van der Waals surface area contributed by atoms with Crippen molar-refractivity contribution in [3.8, 4) is 0 Å². The van der Waals surface area contributed by atoms with Gasteiger partial charge in [-0.1, -0.05) is 0 Å². The van der Waals surface area contributed by atoms with Crippen molar-refractivity contribution in [1.82, 2.24) is 10.2 Å². The number of ether oxygens (including phenoxy) is 1. The SMILES string of the molecule is O=C(NCC(=O)N1CCOCC12CCC2)c1ccc(F)cc1F. The topological polar surface area (TPSA) is 58.6 Å². The van der Waals surface area contributed by atoms with Crippen LogP contribution in [0.1, 0.15) is 29.6 Å². The van der Waals surface area contributed by atoms with E-state index in [4.69, 9.17) is 4.74 Å². The number of carbonyl (C=O) groups excluding carboxylic acids is 2. The van der Waals surface area contributed by atoms with Crippen LogP contribution in [0, 0.1) is 11.6 Å². The zero-order chi connectivity index (χ0) is 16.4. The molecule has 0 radical (unpaired) electrons. The summed E-state index contributed by atoms with van der Waals surface area (Å²) < 4.78 is 31.9. The molecule has 1 N–H and O–H groups in total. The normalized spacial score (nSPS) is 19.3. The van der Waals surface area contributed by atoms with Gasteiger partial charge in [0, 0.05) is 12.6 Å². The van der Waals surface area contributed by atoms with Gasteiger partial charge < -0.3 is 15.0 Å². The molecule has 0 bridgehead atoms. The minimum Gasteiger partial charge on any atom is -0.377 e. The fraction of sp³-hybridized carbons (Fsp3) is 0.500. The molecule has 2 amide bonds. The highest BCUT2D eigenvalue weighted by molar-refractivity contribution is 5.96. The number of benzene rings is 1. The van der Waals surface area contributed by atoms with E-state index in [9.17, 15) is 18.4 Å². The molecule has 1 aromatic rings. The Morgan fingerprint density at radius 2 is 2.09 bits per heavy atom. The molecule has 0 unspecified atom stereocenters. The average molecular weight is 324 g/mol. The molecule has 1 saturated heterocycles. The minimum absolute atomic E-state index is 0.205. The molecule has 0 aromatic heterocycles. The van der Waals surface area contributed by atoms with E-state index < -0.39 is 17.5 Å². The summed E-state index contributed by atoms with van der Waals surface area (Å²) in [5, 5.41) is 2.41. The fourth-order valence-corrected chi connectivity index (χ4v) is 3.14. The smallest absolute Gasteiger partial charge is 0.254 e. The van der Waals surface area contributed by atoms with Gasteiger partial charge in [0.2, 0.25) is 5.91 Å². The Labute approximate surface area is 132 Å². The first-order valence-electron chi connectivity index (χ1n) is 7.63. The third-order valence-corrected chi connectivity index (χ3v) is 4.56. The highest BCUT2D eigenvalue weighted by atomic mass is 19.1. The van der Waals surface area contributed by atoms with Crippen molar-refractivity contribution in [2.75, 3.05) is 26.3 Å². The van der Waals surface area contributed by atoms with Gasteiger partial charge in [-0.25, -0.2) is 8.78 Å². The molecule has 1 aliphatic carbocycles. The molecular formula is C16H18F2N2O3. The Kier molecular flexibility index (Phi) is 4.30. The number of halogens is 2. The van der Waals surface area contributed by atoms with Crippen LogP contribution in [-0.2, 0) is 9.53 Å². The number of nitrogens with one attached hydrogen (secondary N) is 1. The minimum atomic E-state index is -0.947. The quantitative estimate of drug-likeness (QED) is 0.916. The maximum absolute atomic E-state index is 13.6. The van der Waals surface area contributed by atoms with Crippen LogP contribution in [0.2, 0.25) is 0 Å². The van der Waals surface area contributed by atoms with E-state index in [-0.39, 0.29) is 23.6 Å². The van der Waals surface area contributed by atoms with Crippen molar-refractivity contribution < 1.29 is 23.1 Å². The fourth-order valence-electron chi connectivity index (χ4n) is 3.14. The lowest BCUT2D eigenvalue weighted by molar-refractivity contribution is -0.157. The van der Waals surface area contributed by atoms with Gasteiger partial charge in [0.25, 0.3) is 5.91 Å². The summed E-state index contributed by atoms with van der Waals surface area (Å²) in [4.78, 5) is 26.1. The van der Waals surface area contributed by atoms with Crippen molar-refractivity contribution in [3.05, 3.63) is 35.4 Å². The predicted molar refractivity (Wildman–Crippen MR) is 77.8 cm³/mol. The zero-order valence-electron chi connectivity index (χ0n) is 12.6. The number of amides is 2. The summed E-state index contributed by atoms with van der Waals surface area (Å²) in [6.07, 6.45) is 2.86. The van der Waals surface area contributed by atoms with E-state index in [2.05, 4.69) is 5.32 Å². The van der Waals surface area contributed by atoms with Gasteiger partial charge in [-0.05, 0) is 31.4 Å². The molecule has 1 saturated carbocycles. The van der Waals surface area contributed by atoms with Crippen LogP contribution in [-0.4, -0.2) is 48.6 Å². The molecule has 1 aromatic carbocycles.